The van der Waals surface area contributed by atoms with Gasteiger partial charge in [0.05, 0.1) is 12.1 Å². The number of likely N-dealkylation sites (tertiary alicyclic amines) is 1. The highest BCUT2D eigenvalue weighted by Crippen LogP contribution is 2.27. The van der Waals surface area contributed by atoms with Crippen LogP contribution in [-0.4, -0.2) is 34.5 Å². The van der Waals surface area contributed by atoms with Crippen molar-refractivity contribution < 1.29 is 9.90 Å². The number of carbonyl (C=O) groups excluding carboxylic acids is 1. The molecule has 1 aliphatic rings. The van der Waals surface area contributed by atoms with Crippen LogP contribution in [0.2, 0.25) is 0 Å². The Hall–Kier alpha value is -1.39. The maximum Gasteiger partial charge on any atom is 0.239 e. The van der Waals surface area contributed by atoms with Gasteiger partial charge in [-0.2, -0.15) is 0 Å². The molecule has 3 N–H and O–H groups in total. The monoisotopic (exact) mass is 276 g/mol. The average Bonchev–Trinajstić information content (AvgIpc) is 2.94. The van der Waals surface area contributed by atoms with Crippen LogP contribution in [0.25, 0.3) is 0 Å². The number of aliphatic hydroxyl groups is 1. The number of nitrogens with two attached hydrogens (primary N) is 1. The highest BCUT2D eigenvalue weighted by molar-refractivity contribution is 5.82. The fourth-order valence-electron chi connectivity index (χ4n) is 2.83. The molecule has 20 heavy (non-hydrogen) atoms. The van der Waals surface area contributed by atoms with Crippen molar-refractivity contribution in [3.05, 3.63) is 35.9 Å². The van der Waals surface area contributed by atoms with Crippen LogP contribution in [-0.2, 0) is 4.79 Å². The van der Waals surface area contributed by atoms with E-state index >= 15 is 0 Å². The topological polar surface area (TPSA) is 66.6 Å². The summed E-state index contributed by atoms with van der Waals surface area (Å²) in [6.45, 7) is 2.69. The number of hydrogen-bond donors (Lipinski definition) is 2. The SMILES string of the molecule is CC[C@H](N)C(=O)N1CCC[C@H]1C[C@@H](O)c1ccccc1. The first kappa shape index (κ1) is 15.0. The fourth-order valence-corrected chi connectivity index (χ4v) is 2.83. The van der Waals surface area contributed by atoms with Crippen molar-refractivity contribution in [2.75, 3.05) is 6.54 Å². The van der Waals surface area contributed by atoms with Gasteiger partial charge in [0.15, 0.2) is 0 Å². The molecule has 1 saturated heterocycles. The van der Waals surface area contributed by atoms with Crippen molar-refractivity contribution >= 4 is 5.91 Å². The van der Waals surface area contributed by atoms with E-state index in [1.165, 1.54) is 0 Å². The van der Waals surface area contributed by atoms with Crippen LogP contribution >= 0.6 is 0 Å². The molecule has 2 rings (SSSR count). The molecule has 1 aliphatic heterocycles. The molecule has 110 valence electrons. The second kappa shape index (κ2) is 6.86. The second-order valence-corrected chi connectivity index (χ2v) is 5.50. The molecule has 4 nitrogen and oxygen atoms in total. The Balaban J connectivity index is 1.99. The lowest BCUT2D eigenvalue weighted by molar-refractivity contribution is -0.133. The molecule has 1 aromatic rings. The minimum Gasteiger partial charge on any atom is -0.388 e. The lowest BCUT2D eigenvalue weighted by Crippen LogP contribution is -2.46. The van der Waals surface area contributed by atoms with E-state index in [4.69, 9.17) is 5.73 Å². The maximum absolute atomic E-state index is 12.2. The van der Waals surface area contributed by atoms with Crippen LogP contribution in [0.15, 0.2) is 30.3 Å². The minimum absolute atomic E-state index is 0.0234. The van der Waals surface area contributed by atoms with E-state index in [9.17, 15) is 9.90 Å². The average molecular weight is 276 g/mol. The number of amides is 1. The summed E-state index contributed by atoms with van der Waals surface area (Å²) in [5.41, 5.74) is 6.76. The second-order valence-electron chi connectivity index (χ2n) is 5.50. The molecule has 4 heteroatoms. The van der Waals surface area contributed by atoms with E-state index in [2.05, 4.69) is 0 Å². The zero-order valence-electron chi connectivity index (χ0n) is 12.0. The molecule has 1 fully saturated rings. The Kier molecular flexibility index (Phi) is 5.15. The first-order valence-corrected chi connectivity index (χ1v) is 7.42. The van der Waals surface area contributed by atoms with Gasteiger partial charge in [-0.25, -0.2) is 0 Å². The summed E-state index contributed by atoms with van der Waals surface area (Å²) in [6.07, 6.45) is 2.67. The van der Waals surface area contributed by atoms with Gasteiger partial charge in [0.25, 0.3) is 0 Å². The molecule has 0 unspecified atom stereocenters. The van der Waals surface area contributed by atoms with Crippen molar-refractivity contribution in [2.24, 2.45) is 5.73 Å². The maximum atomic E-state index is 12.2. The Morgan fingerprint density at radius 3 is 2.80 bits per heavy atom. The van der Waals surface area contributed by atoms with Crippen molar-refractivity contribution in [3.8, 4) is 0 Å². The van der Waals surface area contributed by atoms with Crippen molar-refractivity contribution in [2.45, 2.75) is 50.8 Å². The van der Waals surface area contributed by atoms with Gasteiger partial charge in [-0.1, -0.05) is 37.3 Å². The van der Waals surface area contributed by atoms with Crippen molar-refractivity contribution in [1.82, 2.24) is 4.90 Å². The highest BCUT2D eigenvalue weighted by Gasteiger charge is 2.32. The van der Waals surface area contributed by atoms with Gasteiger partial charge >= 0.3 is 0 Å². The first-order chi connectivity index (χ1) is 9.63. The summed E-state index contributed by atoms with van der Waals surface area (Å²) < 4.78 is 0. The molecule has 3 atom stereocenters. The molecule has 1 aromatic carbocycles. The zero-order valence-corrected chi connectivity index (χ0v) is 12.0. The van der Waals surface area contributed by atoms with Gasteiger partial charge in [-0.05, 0) is 31.2 Å². The lowest BCUT2D eigenvalue weighted by Gasteiger charge is -2.28. The summed E-state index contributed by atoms with van der Waals surface area (Å²) in [4.78, 5) is 14.1. The molecule has 0 spiro atoms. The van der Waals surface area contributed by atoms with E-state index in [1.54, 1.807) is 0 Å². The van der Waals surface area contributed by atoms with E-state index in [0.29, 0.717) is 12.8 Å². The Morgan fingerprint density at radius 2 is 2.15 bits per heavy atom. The van der Waals surface area contributed by atoms with Crippen LogP contribution in [0.1, 0.15) is 44.3 Å². The normalized spacial score (nSPS) is 21.8. The zero-order chi connectivity index (χ0) is 14.5. The summed E-state index contributed by atoms with van der Waals surface area (Å²) >= 11 is 0. The summed E-state index contributed by atoms with van der Waals surface area (Å²) in [5, 5.41) is 10.3. The standard InChI is InChI=1S/C16H24N2O2/c1-2-14(17)16(20)18-10-6-9-13(18)11-15(19)12-7-4-3-5-8-12/h3-5,7-8,13-15,19H,2,6,9-11,17H2,1H3/t13-,14-,15+/m0/s1. The Morgan fingerprint density at radius 1 is 1.45 bits per heavy atom. The van der Waals surface area contributed by atoms with E-state index < -0.39 is 12.1 Å². The quantitative estimate of drug-likeness (QED) is 0.862. The Bertz CT molecular complexity index is 435. The van der Waals surface area contributed by atoms with Crippen LogP contribution < -0.4 is 5.73 Å². The molecule has 0 aliphatic carbocycles. The number of hydrogen-bond acceptors (Lipinski definition) is 3. The molecule has 0 radical (unpaired) electrons. The van der Waals surface area contributed by atoms with Crippen LogP contribution in [0.5, 0.6) is 0 Å². The van der Waals surface area contributed by atoms with Crippen molar-refractivity contribution in [1.29, 1.82) is 0 Å². The van der Waals surface area contributed by atoms with Gasteiger partial charge < -0.3 is 15.7 Å². The van der Waals surface area contributed by atoms with E-state index in [0.717, 1.165) is 24.9 Å². The van der Waals surface area contributed by atoms with Gasteiger partial charge in [-0.3, -0.25) is 4.79 Å². The summed E-state index contributed by atoms with van der Waals surface area (Å²) in [5.74, 6) is 0.0234. The fraction of sp³-hybridized carbons (Fsp3) is 0.562. The third kappa shape index (κ3) is 3.38. The smallest absolute Gasteiger partial charge is 0.239 e. The third-order valence-electron chi connectivity index (χ3n) is 4.10. The molecular weight excluding hydrogens is 252 g/mol. The number of aliphatic hydroxyl groups excluding tert-OH is 1. The predicted octanol–water partition coefficient (Wildman–Crippen LogP) is 1.84. The summed E-state index contributed by atoms with van der Waals surface area (Å²) in [7, 11) is 0. The number of benzene rings is 1. The number of nitrogens with zero attached hydrogens (tertiary/aromatic N) is 1. The highest BCUT2D eigenvalue weighted by atomic mass is 16.3. The largest absolute Gasteiger partial charge is 0.388 e. The molecule has 0 aromatic heterocycles. The van der Waals surface area contributed by atoms with Gasteiger partial charge in [0.2, 0.25) is 5.91 Å². The van der Waals surface area contributed by atoms with E-state index in [-0.39, 0.29) is 11.9 Å². The van der Waals surface area contributed by atoms with Gasteiger partial charge in [0, 0.05) is 12.6 Å². The molecule has 1 heterocycles. The van der Waals surface area contributed by atoms with Crippen LogP contribution in [0.4, 0.5) is 0 Å². The summed E-state index contributed by atoms with van der Waals surface area (Å²) in [6, 6.07) is 9.31. The lowest BCUT2D eigenvalue weighted by atomic mass is 10.00. The van der Waals surface area contributed by atoms with Crippen LogP contribution in [0, 0.1) is 0 Å². The van der Waals surface area contributed by atoms with E-state index in [1.807, 2.05) is 42.2 Å². The minimum atomic E-state index is -0.521. The first-order valence-electron chi connectivity index (χ1n) is 7.42. The van der Waals surface area contributed by atoms with Gasteiger partial charge in [0.1, 0.15) is 0 Å². The van der Waals surface area contributed by atoms with Crippen LogP contribution in [0.3, 0.4) is 0 Å². The predicted molar refractivity (Wildman–Crippen MR) is 79.0 cm³/mol. The van der Waals surface area contributed by atoms with Crippen molar-refractivity contribution in [3.63, 3.8) is 0 Å². The van der Waals surface area contributed by atoms with Gasteiger partial charge in [-0.15, -0.1) is 0 Å². The third-order valence-corrected chi connectivity index (χ3v) is 4.10. The number of rotatable bonds is 5. The number of carbonyl (C=O) groups is 1. The molecular formula is C16H24N2O2. The Labute approximate surface area is 120 Å². The molecule has 0 bridgehead atoms. The molecule has 0 saturated carbocycles. The molecule has 1 amide bonds.